The molecule has 1 unspecified atom stereocenters. The molecular weight excluding hydrogens is 544 g/mol. The van der Waals surface area contributed by atoms with Crippen LogP contribution in [-0.2, 0) is 28.3 Å². The van der Waals surface area contributed by atoms with Crippen LogP contribution >= 0.6 is 39.3 Å². The van der Waals surface area contributed by atoms with Crippen LogP contribution in [0, 0.1) is 0 Å². The largest absolute Gasteiger partial charge is 0.354 e. The lowest BCUT2D eigenvalue weighted by molar-refractivity contribution is -0.139. The topological polar surface area (TPSA) is 49.4 Å². The summed E-state index contributed by atoms with van der Waals surface area (Å²) in [4.78, 5) is 28.6. The second-order valence-electron chi connectivity index (χ2n) is 8.23. The Morgan fingerprint density at radius 3 is 2.34 bits per heavy atom. The zero-order valence-corrected chi connectivity index (χ0v) is 22.9. The molecule has 35 heavy (non-hydrogen) atoms. The van der Waals surface area contributed by atoms with Crippen molar-refractivity contribution >= 4 is 51.1 Å². The van der Waals surface area contributed by atoms with E-state index in [1.54, 1.807) is 16.7 Å². The van der Waals surface area contributed by atoms with Crippen LogP contribution in [0.4, 0.5) is 0 Å². The van der Waals surface area contributed by atoms with Crippen LogP contribution < -0.4 is 5.32 Å². The van der Waals surface area contributed by atoms with Gasteiger partial charge in [-0.1, -0.05) is 95.1 Å². The fraction of sp³-hybridized carbons (Fsp3) is 0.286. The number of nitrogens with one attached hydrogen (secondary N) is 1. The number of amides is 2. The molecule has 7 heteroatoms. The van der Waals surface area contributed by atoms with Gasteiger partial charge in [-0.05, 0) is 41.3 Å². The van der Waals surface area contributed by atoms with Crippen molar-refractivity contribution in [2.75, 3.05) is 12.3 Å². The molecule has 0 bridgehead atoms. The molecule has 3 aromatic rings. The molecule has 0 heterocycles. The van der Waals surface area contributed by atoms with Gasteiger partial charge >= 0.3 is 0 Å². The van der Waals surface area contributed by atoms with E-state index in [4.69, 9.17) is 11.6 Å². The van der Waals surface area contributed by atoms with E-state index in [-0.39, 0.29) is 24.1 Å². The number of thioether (sulfide) groups is 1. The maximum Gasteiger partial charge on any atom is 0.243 e. The van der Waals surface area contributed by atoms with Crippen molar-refractivity contribution in [2.45, 2.75) is 38.1 Å². The molecule has 0 aliphatic carbocycles. The normalized spacial score (nSPS) is 11.6. The summed E-state index contributed by atoms with van der Waals surface area (Å²) in [7, 11) is 0. The summed E-state index contributed by atoms with van der Waals surface area (Å²) in [6, 6.07) is 24.7. The number of rotatable bonds is 12. The van der Waals surface area contributed by atoms with Crippen LogP contribution in [0.2, 0.25) is 5.02 Å². The number of hydrogen-bond donors (Lipinski definition) is 1. The fourth-order valence-electron chi connectivity index (χ4n) is 3.65. The Kier molecular flexibility index (Phi) is 11.2. The molecular formula is C28H30BrClN2O2S. The zero-order valence-electron chi connectivity index (χ0n) is 19.8. The highest BCUT2D eigenvalue weighted by Gasteiger charge is 2.30. The smallest absolute Gasteiger partial charge is 0.243 e. The van der Waals surface area contributed by atoms with Gasteiger partial charge in [0.25, 0.3) is 0 Å². The molecule has 1 atom stereocenters. The van der Waals surface area contributed by atoms with Crippen LogP contribution in [0.15, 0.2) is 83.3 Å². The average molecular weight is 574 g/mol. The SMILES string of the molecule is CCCNC(=O)C(Cc1ccccc1)N(Cc1ccccc1Cl)C(=O)CSCc1ccc(Br)cc1. The van der Waals surface area contributed by atoms with Gasteiger partial charge in [0, 0.05) is 34.8 Å². The number of halogens is 2. The number of hydrogen-bond acceptors (Lipinski definition) is 3. The third-order valence-corrected chi connectivity index (χ3v) is 7.41. The van der Waals surface area contributed by atoms with Crippen molar-refractivity contribution in [1.82, 2.24) is 10.2 Å². The molecule has 0 aromatic heterocycles. The van der Waals surface area contributed by atoms with Gasteiger partial charge in [-0.15, -0.1) is 11.8 Å². The molecule has 184 valence electrons. The van der Waals surface area contributed by atoms with Crippen molar-refractivity contribution in [3.63, 3.8) is 0 Å². The molecule has 4 nitrogen and oxygen atoms in total. The van der Waals surface area contributed by atoms with Crippen molar-refractivity contribution in [2.24, 2.45) is 0 Å². The fourth-order valence-corrected chi connectivity index (χ4v) is 4.98. The van der Waals surface area contributed by atoms with Gasteiger partial charge in [0.1, 0.15) is 6.04 Å². The van der Waals surface area contributed by atoms with E-state index in [2.05, 4.69) is 21.2 Å². The lowest BCUT2D eigenvalue weighted by atomic mass is 10.0. The second-order valence-corrected chi connectivity index (χ2v) is 10.5. The van der Waals surface area contributed by atoms with Crippen molar-refractivity contribution < 1.29 is 9.59 Å². The Bertz CT molecular complexity index is 1100. The monoisotopic (exact) mass is 572 g/mol. The molecule has 0 spiro atoms. The Hall–Kier alpha value is -2.28. The van der Waals surface area contributed by atoms with Crippen LogP contribution in [-0.4, -0.2) is 35.1 Å². The van der Waals surface area contributed by atoms with E-state index in [0.29, 0.717) is 23.7 Å². The Balaban J connectivity index is 1.83. The first-order chi connectivity index (χ1) is 17.0. The van der Waals surface area contributed by atoms with Gasteiger partial charge in [-0.2, -0.15) is 0 Å². The minimum absolute atomic E-state index is 0.0837. The minimum Gasteiger partial charge on any atom is -0.354 e. The quantitative estimate of drug-likeness (QED) is 0.269. The summed E-state index contributed by atoms with van der Waals surface area (Å²) in [5.74, 6) is 0.755. The van der Waals surface area contributed by atoms with Crippen LogP contribution in [0.5, 0.6) is 0 Å². The van der Waals surface area contributed by atoms with Gasteiger partial charge in [0.2, 0.25) is 11.8 Å². The highest BCUT2D eigenvalue weighted by Crippen LogP contribution is 2.22. The Labute approximate surface area is 225 Å². The molecule has 0 fully saturated rings. The predicted octanol–water partition coefficient (Wildman–Crippen LogP) is 6.50. The molecule has 1 N–H and O–H groups in total. The summed E-state index contributed by atoms with van der Waals surface area (Å²) in [5.41, 5.74) is 2.97. The second kappa shape index (κ2) is 14.3. The number of carbonyl (C=O) groups is 2. The molecule has 0 aliphatic rings. The molecule has 0 radical (unpaired) electrons. The summed E-state index contributed by atoms with van der Waals surface area (Å²) < 4.78 is 1.02. The number of benzene rings is 3. The van der Waals surface area contributed by atoms with Crippen LogP contribution in [0.25, 0.3) is 0 Å². The van der Waals surface area contributed by atoms with Gasteiger partial charge in [0.05, 0.1) is 5.75 Å². The first-order valence-electron chi connectivity index (χ1n) is 11.6. The van der Waals surface area contributed by atoms with E-state index in [0.717, 1.165) is 27.6 Å². The van der Waals surface area contributed by atoms with Gasteiger partial charge < -0.3 is 10.2 Å². The summed E-state index contributed by atoms with van der Waals surface area (Å²) in [5, 5.41) is 3.58. The Morgan fingerprint density at radius 1 is 0.971 bits per heavy atom. The first kappa shape index (κ1) is 27.3. The van der Waals surface area contributed by atoms with E-state index in [9.17, 15) is 9.59 Å². The summed E-state index contributed by atoms with van der Waals surface area (Å²) in [6.07, 6.45) is 1.26. The molecule has 3 aromatic carbocycles. The maximum absolute atomic E-state index is 13.6. The van der Waals surface area contributed by atoms with E-state index in [1.807, 2.05) is 85.8 Å². The molecule has 3 rings (SSSR count). The lowest BCUT2D eigenvalue weighted by Gasteiger charge is -2.31. The minimum atomic E-state index is -0.638. The standard InChI is InChI=1S/C28H30BrClN2O2S/c1-2-16-31-28(34)26(17-21-8-4-3-5-9-21)32(18-23-10-6-7-11-25(23)30)27(33)20-35-19-22-12-14-24(29)15-13-22/h3-15,26H,2,16-20H2,1H3,(H,31,34). The number of carbonyl (C=O) groups excluding carboxylic acids is 2. The summed E-state index contributed by atoms with van der Waals surface area (Å²) in [6.45, 7) is 2.85. The third kappa shape index (κ3) is 8.71. The predicted molar refractivity (Wildman–Crippen MR) is 150 cm³/mol. The van der Waals surface area contributed by atoms with Crippen molar-refractivity contribution in [1.29, 1.82) is 0 Å². The van der Waals surface area contributed by atoms with Gasteiger partial charge in [0.15, 0.2) is 0 Å². The molecule has 0 aliphatic heterocycles. The van der Waals surface area contributed by atoms with Gasteiger partial charge in [-0.25, -0.2) is 0 Å². The van der Waals surface area contributed by atoms with Crippen molar-refractivity contribution in [3.05, 3.63) is 105 Å². The third-order valence-electron chi connectivity index (χ3n) is 5.53. The van der Waals surface area contributed by atoms with E-state index in [1.165, 1.54) is 0 Å². The first-order valence-corrected chi connectivity index (χ1v) is 14.0. The van der Waals surface area contributed by atoms with Crippen LogP contribution in [0.1, 0.15) is 30.0 Å². The van der Waals surface area contributed by atoms with E-state index < -0.39 is 6.04 Å². The molecule has 0 saturated carbocycles. The molecule has 2 amide bonds. The highest BCUT2D eigenvalue weighted by atomic mass is 79.9. The summed E-state index contributed by atoms with van der Waals surface area (Å²) >= 11 is 11.4. The van der Waals surface area contributed by atoms with Gasteiger partial charge in [-0.3, -0.25) is 9.59 Å². The number of nitrogens with zero attached hydrogens (tertiary/aromatic N) is 1. The van der Waals surface area contributed by atoms with Crippen molar-refractivity contribution in [3.8, 4) is 0 Å². The van der Waals surface area contributed by atoms with Crippen LogP contribution in [0.3, 0.4) is 0 Å². The van der Waals surface area contributed by atoms with E-state index >= 15 is 0 Å². The maximum atomic E-state index is 13.6. The molecule has 0 saturated heterocycles. The highest BCUT2D eigenvalue weighted by molar-refractivity contribution is 9.10. The Morgan fingerprint density at radius 2 is 1.66 bits per heavy atom. The average Bonchev–Trinajstić information content (AvgIpc) is 2.87. The zero-order chi connectivity index (χ0) is 25.0. The lowest BCUT2D eigenvalue weighted by Crippen LogP contribution is -2.51.